The number of rotatable bonds is 4. The Morgan fingerprint density at radius 3 is 2.55 bits per heavy atom. The Labute approximate surface area is 193 Å². The highest BCUT2D eigenvalue weighted by Crippen LogP contribution is 2.32. The van der Waals surface area contributed by atoms with Crippen LogP contribution in [0.25, 0.3) is 33.4 Å². The van der Waals surface area contributed by atoms with Crippen molar-refractivity contribution in [3.8, 4) is 22.5 Å². The number of carboxylic acid groups (broad SMARTS) is 1. The minimum absolute atomic E-state index is 0.250. The molecule has 2 aromatic carbocycles. The number of carbonyl (C=O) groups is 1. The number of pyridine rings is 1. The molecule has 1 aliphatic heterocycles. The molecule has 170 valence electrons. The summed E-state index contributed by atoms with van der Waals surface area (Å²) in [5, 5.41) is 12.8. The molecule has 1 fully saturated rings. The topological polar surface area (TPSA) is 80.5 Å². The number of aromatic nitrogens is 3. The summed E-state index contributed by atoms with van der Waals surface area (Å²) in [6.45, 7) is 6.53. The first-order chi connectivity index (χ1) is 16.1. The van der Waals surface area contributed by atoms with Crippen molar-refractivity contribution in [1.29, 1.82) is 0 Å². The van der Waals surface area contributed by atoms with E-state index in [-0.39, 0.29) is 6.47 Å². The second kappa shape index (κ2) is 10.4. The van der Waals surface area contributed by atoms with E-state index in [4.69, 9.17) is 24.7 Å². The lowest BCUT2D eigenvalue weighted by Gasteiger charge is -2.26. The van der Waals surface area contributed by atoms with Crippen molar-refractivity contribution >= 4 is 17.4 Å². The summed E-state index contributed by atoms with van der Waals surface area (Å²) in [6.07, 6.45) is 2.06. The van der Waals surface area contributed by atoms with E-state index >= 15 is 0 Å². The quantitative estimate of drug-likeness (QED) is 0.477. The zero-order valence-electron chi connectivity index (χ0n) is 18.9. The maximum absolute atomic E-state index is 8.36. The van der Waals surface area contributed by atoms with Gasteiger partial charge < -0.3 is 9.84 Å². The molecule has 7 nitrogen and oxygen atoms in total. The second-order valence-electron chi connectivity index (χ2n) is 8.10. The van der Waals surface area contributed by atoms with Crippen LogP contribution in [0.15, 0.2) is 60.8 Å². The van der Waals surface area contributed by atoms with Gasteiger partial charge in [-0.1, -0.05) is 36.4 Å². The molecule has 0 unspecified atom stereocenters. The lowest BCUT2D eigenvalue weighted by Crippen LogP contribution is -2.35. The van der Waals surface area contributed by atoms with Gasteiger partial charge >= 0.3 is 0 Å². The molecule has 0 spiro atoms. The Hall–Kier alpha value is -3.55. The Morgan fingerprint density at radius 1 is 1.09 bits per heavy atom. The Balaban J connectivity index is 0.000000821. The minimum Gasteiger partial charge on any atom is -0.483 e. The highest BCUT2D eigenvalue weighted by Gasteiger charge is 2.16. The molecule has 1 saturated heterocycles. The lowest BCUT2D eigenvalue weighted by molar-refractivity contribution is -0.122. The van der Waals surface area contributed by atoms with Crippen LogP contribution in [-0.2, 0) is 23.1 Å². The van der Waals surface area contributed by atoms with Crippen LogP contribution in [0.5, 0.6) is 0 Å². The van der Waals surface area contributed by atoms with Crippen LogP contribution < -0.4 is 0 Å². The fourth-order valence-corrected chi connectivity index (χ4v) is 4.18. The van der Waals surface area contributed by atoms with Crippen molar-refractivity contribution in [2.75, 3.05) is 26.3 Å². The standard InChI is InChI=1S/C25H26N4O.CH2O2/c1-18-14-24(22-17-28(2)27-25(22)20-6-4-3-5-7-20)26-23-9-8-19(15-21(18)23)16-29-10-12-30-13-11-29;2-1-3/h3-9,14-15,17H,10-13,16H2,1-2H3;1H,(H,2,3). The van der Waals surface area contributed by atoms with E-state index in [0.717, 1.165) is 60.9 Å². The number of fused-ring (bicyclic) bond motifs is 1. The summed E-state index contributed by atoms with van der Waals surface area (Å²) in [5.41, 5.74) is 7.69. The van der Waals surface area contributed by atoms with Crippen LogP contribution in [0.2, 0.25) is 0 Å². The lowest BCUT2D eigenvalue weighted by atomic mass is 10.0. The number of ether oxygens (including phenoxy) is 1. The normalized spacial score (nSPS) is 14.0. The molecule has 5 rings (SSSR count). The Morgan fingerprint density at radius 2 is 1.82 bits per heavy atom. The largest absolute Gasteiger partial charge is 0.483 e. The van der Waals surface area contributed by atoms with Crippen LogP contribution in [0, 0.1) is 6.92 Å². The fraction of sp³-hybridized carbons (Fsp3) is 0.269. The SMILES string of the molecule is Cc1cc(-c2cn(C)nc2-c2ccccc2)nc2ccc(CN3CCOCC3)cc12.O=CO. The number of benzene rings is 2. The van der Waals surface area contributed by atoms with Gasteiger partial charge in [0, 0.05) is 49.4 Å². The van der Waals surface area contributed by atoms with Gasteiger partial charge in [0.05, 0.1) is 24.4 Å². The average molecular weight is 445 g/mol. The van der Waals surface area contributed by atoms with Gasteiger partial charge in [0.1, 0.15) is 5.69 Å². The van der Waals surface area contributed by atoms with E-state index in [1.807, 2.05) is 29.9 Å². The molecule has 2 aromatic heterocycles. The summed E-state index contributed by atoms with van der Waals surface area (Å²) in [5.74, 6) is 0. The van der Waals surface area contributed by atoms with E-state index in [0.29, 0.717) is 0 Å². The van der Waals surface area contributed by atoms with Gasteiger partial charge in [-0.05, 0) is 36.2 Å². The first-order valence-corrected chi connectivity index (χ1v) is 11.0. The molecule has 0 bridgehead atoms. The summed E-state index contributed by atoms with van der Waals surface area (Å²) in [6, 6.07) is 19.1. The number of hydrogen-bond acceptors (Lipinski definition) is 5. The number of aryl methyl sites for hydroxylation is 2. The predicted octanol–water partition coefficient (Wildman–Crippen LogP) is 4.14. The molecule has 1 N–H and O–H groups in total. The molecule has 0 radical (unpaired) electrons. The van der Waals surface area contributed by atoms with Crippen molar-refractivity contribution in [3.63, 3.8) is 0 Å². The van der Waals surface area contributed by atoms with E-state index in [9.17, 15) is 0 Å². The van der Waals surface area contributed by atoms with Crippen LogP contribution in [-0.4, -0.2) is 57.5 Å². The van der Waals surface area contributed by atoms with Gasteiger partial charge in [-0.3, -0.25) is 14.4 Å². The molecular weight excluding hydrogens is 416 g/mol. The van der Waals surface area contributed by atoms with Crippen molar-refractivity contribution in [3.05, 3.63) is 71.9 Å². The monoisotopic (exact) mass is 444 g/mol. The van der Waals surface area contributed by atoms with Crippen molar-refractivity contribution in [2.24, 2.45) is 7.05 Å². The van der Waals surface area contributed by atoms with E-state index < -0.39 is 0 Å². The molecule has 33 heavy (non-hydrogen) atoms. The van der Waals surface area contributed by atoms with E-state index in [2.05, 4.69) is 54.4 Å². The van der Waals surface area contributed by atoms with Crippen LogP contribution in [0.3, 0.4) is 0 Å². The summed E-state index contributed by atoms with van der Waals surface area (Å²) >= 11 is 0. The smallest absolute Gasteiger partial charge is 0.290 e. The third kappa shape index (κ3) is 5.27. The second-order valence-corrected chi connectivity index (χ2v) is 8.10. The highest BCUT2D eigenvalue weighted by atomic mass is 16.5. The molecular formula is C26H28N4O3. The predicted molar refractivity (Wildman–Crippen MR) is 129 cm³/mol. The average Bonchev–Trinajstić information content (AvgIpc) is 3.23. The maximum atomic E-state index is 8.36. The van der Waals surface area contributed by atoms with Gasteiger partial charge in [-0.2, -0.15) is 5.10 Å². The van der Waals surface area contributed by atoms with Crippen LogP contribution in [0.1, 0.15) is 11.1 Å². The first kappa shape index (κ1) is 22.6. The van der Waals surface area contributed by atoms with Gasteiger partial charge in [0.15, 0.2) is 0 Å². The first-order valence-electron chi connectivity index (χ1n) is 11.0. The molecule has 1 aliphatic rings. The maximum Gasteiger partial charge on any atom is 0.290 e. The molecule has 0 amide bonds. The summed E-state index contributed by atoms with van der Waals surface area (Å²) < 4.78 is 7.33. The Bertz CT molecular complexity index is 1230. The molecule has 0 saturated carbocycles. The zero-order valence-corrected chi connectivity index (χ0v) is 18.9. The molecule has 0 aliphatic carbocycles. The number of nitrogens with zero attached hydrogens (tertiary/aromatic N) is 4. The number of morpholine rings is 1. The third-order valence-corrected chi connectivity index (χ3v) is 5.74. The minimum atomic E-state index is -0.250. The van der Waals surface area contributed by atoms with E-state index in [1.54, 1.807) is 0 Å². The van der Waals surface area contributed by atoms with Gasteiger partial charge in [-0.25, -0.2) is 4.98 Å². The third-order valence-electron chi connectivity index (χ3n) is 5.74. The summed E-state index contributed by atoms with van der Waals surface area (Å²) in [7, 11) is 1.96. The molecule has 4 aromatic rings. The van der Waals surface area contributed by atoms with Crippen LogP contribution in [0.4, 0.5) is 0 Å². The fourth-order valence-electron chi connectivity index (χ4n) is 4.18. The summed E-state index contributed by atoms with van der Waals surface area (Å²) in [4.78, 5) is 15.8. The van der Waals surface area contributed by atoms with Gasteiger partial charge in [-0.15, -0.1) is 0 Å². The van der Waals surface area contributed by atoms with Gasteiger partial charge in [0.25, 0.3) is 6.47 Å². The van der Waals surface area contributed by atoms with Crippen LogP contribution >= 0.6 is 0 Å². The van der Waals surface area contributed by atoms with Crippen molar-refractivity contribution in [2.45, 2.75) is 13.5 Å². The zero-order chi connectivity index (χ0) is 23.2. The molecule has 3 heterocycles. The van der Waals surface area contributed by atoms with Gasteiger partial charge in [0.2, 0.25) is 0 Å². The van der Waals surface area contributed by atoms with E-state index in [1.165, 1.54) is 16.5 Å². The van der Waals surface area contributed by atoms with Crippen molar-refractivity contribution in [1.82, 2.24) is 19.7 Å². The van der Waals surface area contributed by atoms with Crippen molar-refractivity contribution < 1.29 is 14.6 Å². The number of hydrogen-bond donors (Lipinski definition) is 1. The Kier molecular flexibility index (Phi) is 7.12. The highest BCUT2D eigenvalue weighted by molar-refractivity contribution is 5.88. The molecule has 0 atom stereocenters. The molecule has 7 heteroatoms.